The van der Waals surface area contributed by atoms with Gasteiger partial charge in [-0.25, -0.2) is 0 Å². The molecule has 0 spiro atoms. The summed E-state index contributed by atoms with van der Waals surface area (Å²) in [6, 6.07) is 10.6. The second-order valence-electron chi connectivity index (χ2n) is 5.58. The smallest absolute Gasteiger partial charge is 0.303 e. The summed E-state index contributed by atoms with van der Waals surface area (Å²) < 4.78 is 5.64. The highest BCUT2D eigenvalue weighted by molar-refractivity contribution is 5.94. The number of carboxylic acids is 1. The van der Waals surface area contributed by atoms with Crippen molar-refractivity contribution in [2.45, 2.75) is 20.0 Å². The number of pyridine rings is 1. The minimum absolute atomic E-state index is 0.0298. The summed E-state index contributed by atoms with van der Waals surface area (Å²) in [6.45, 7) is 2.54. The van der Waals surface area contributed by atoms with Crippen LogP contribution >= 0.6 is 0 Å². The van der Waals surface area contributed by atoms with Crippen molar-refractivity contribution in [2.75, 3.05) is 6.54 Å². The Kier molecular flexibility index (Phi) is 6.31. The summed E-state index contributed by atoms with van der Waals surface area (Å²) in [5.74, 6) is -0.544. The monoisotopic (exact) mass is 328 g/mol. The molecule has 6 nitrogen and oxygen atoms in total. The van der Waals surface area contributed by atoms with Gasteiger partial charge >= 0.3 is 5.97 Å². The van der Waals surface area contributed by atoms with E-state index in [-0.39, 0.29) is 18.2 Å². The molecule has 0 radical (unpaired) electrons. The van der Waals surface area contributed by atoms with Gasteiger partial charge < -0.3 is 15.2 Å². The topological polar surface area (TPSA) is 88.5 Å². The number of ether oxygens (including phenoxy) is 1. The molecule has 2 rings (SSSR count). The zero-order valence-electron chi connectivity index (χ0n) is 13.4. The highest BCUT2D eigenvalue weighted by Crippen LogP contribution is 2.14. The second kappa shape index (κ2) is 8.67. The van der Waals surface area contributed by atoms with E-state index < -0.39 is 5.97 Å². The molecule has 1 unspecified atom stereocenters. The summed E-state index contributed by atoms with van der Waals surface area (Å²) >= 11 is 0. The Hall–Kier alpha value is -2.89. The molecule has 0 saturated carbocycles. The fraction of sp³-hybridized carbons (Fsp3) is 0.278. The maximum Gasteiger partial charge on any atom is 0.303 e. The van der Waals surface area contributed by atoms with Crippen LogP contribution in [0, 0.1) is 5.92 Å². The summed E-state index contributed by atoms with van der Waals surface area (Å²) in [6.07, 6.45) is 3.44. The van der Waals surface area contributed by atoms with Crippen molar-refractivity contribution in [3.63, 3.8) is 0 Å². The molecule has 24 heavy (non-hydrogen) atoms. The number of aliphatic carboxylic acids is 1. The summed E-state index contributed by atoms with van der Waals surface area (Å²) in [5, 5.41) is 11.4. The number of carboxylic acid groups (broad SMARTS) is 1. The van der Waals surface area contributed by atoms with E-state index >= 15 is 0 Å². The zero-order chi connectivity index (χ0) is 17.4. The lowest BCUT2D eigenvalue weighted by Crippen LogP contribution is -2.29. The van der Waals surface area contributed by atoms with E-state index in [1.54, 1.807) is 43.6 Å². The fourth-order valence-electron chi connectivity index (χ4n) is 2.09. The molecule has 1 atom stereocenters. The van der Waals surface area contributed by atoms with Crippen LogP contribution in [0.15, 0.2) is 48.8 Å². The molecule has 1 aromatic heterocycles. The van der Waals surface area contributed by atoms with Gasteiger partial charge in [0.1, 0.15) is 12.4 Å². The first kappa shape index (κ1) is 17.5. The van der Waals surface area contributed by atoms with Crippen molar-refractivity contribution in [1.29, 1.82) is 0 Å². The highest BCUT2D eigenvalue weighted by atomic mass is 16.5. The maximum atomic E-state index is 12.0. The lowest BCUT2D eigenvalue weighted by atomic mass is 10.1. The Morgan fingerprint density at radius 2 is 1.83 bits per heavy atom. The lowest BCUT2D eigenvalue weighted by molar-refractivity contribution is -0.137. The largest absolute Gasteiger partial charge is 0.489 e. The SMILES string of the molecule is CC(CNC(=O)c1ccc(OCc2ccncc2)cc1)CC(=O)O. The molecule has 0 fully saturated rings. The van der Waals surface area contributed by atoms with E-state index in [9.17, 15) is 9.59 Å². The molecule has 0 aliphatic heterocycles. The van der Waals surface area contributed by atoms with Gasteiger partial charge in [-0.2, -0.15) is 0 Å². The van der Waals surface area contributed by atoms with Crippen LogP contribution in [0.4, 0.5) is 0 Å². The molecular formula is C18H20N2O4. The Balaban J connectivity index is 1.82. The van der Waals surface area contributed by atoms with Crippen LogP contribution in [0.25, 0.3) is 0 Å². The molecule has 1 heterocycles. The molecule has 1 amide bonds. The minimum atomic E-state index is -0.868. The normalized spacial score (nSPS) is 11.5. The average molecular weight is 328 g/mol. The number of carbonyl (C=O) groups is 2. The number of aromatic nitrogens is 1. The van der Waals surface area contributed by atoms with Crippen LogP contribution in [-0.2, 0) is 11.4 Å². The Morgan fingerprint density at radius 1 is 1.17 bits per heavy atom. The molecular weight excluding hydrogens is 308 g/mol. The van der Waals surface area contributed by atoms with E-state index in [1.807, 2.05) is 12.1 Å². The third-order valence-corrected chi connectivity index (χ3v) is 3.41. The first-order chi connectivity index (χ1) is 11.5. The van der Waals surface area contributed by atoms with Gasteiger partial charge in [0, 0.05) is 30.9 Å². The summed E-state index contributed by atoms with van der Waals surface area (Å²) in [7, 11) is 0. The predicted octanol–water partition coefficient (Wildman–Crippen LogP) is 2.50. The van der Waals surface area contributed by atoms with Crippen LogP contribution < -0.4 is 10.1 Å². The predicted molar refractivity (Wildman–Crippen MR) is 88.8 cm³/mol. The van der Waals surface area contributed by atoms with Crippen molar-refractivity contribution >= 4 is 11.9 Å². The van der Waals surface area contributed by atoms with Gasteiger partial charge in [0.25, 0.3) is 5.91 Å². The van der Waals surface area contributed by atoms with Crippen molar-refractivity contribution in [1.82, 2.24) is 10.3 Å². The third-order valence-electron chi connectivity index (χ3n) is 3.41. The number of rotatable bonds is 8. The first-order valence-corrected chi connectivity index (χ1v) is 7.66. The van der Waals surface area contributed by atoms with Gasteiger partial charge in [0.05, 0.1) is 0 Å². The Bertz CT molecular complexity index is 671. The molecule has 1 aromatic carbocycles. The number of hydrogen-bond donors (Lipinski definition) is 2. The van der Waals surface area contributed by atoms with Gasteiger partial charge in [0.15, 0.2) is 0 Å². The first-order valence-electron chi connectivity index (χ1n) is 7.66. The van der Waals surface area contributed by atoms with E-state index in [2.05, 4.69) is 10.3 Å². The standard InChI is InChI=1S/C18H20N2O4/c1-13(10-17(21)22)11-20-18(23)15-2-4-16(5-3-15)24-12-14-6-8-19-9-7-14/h2-9,13H,10-12H2,1H3,(H,20,23)(H,21,22). The second-order valence-corrected chi connectivity index (χ2v) is 5.58. The summed E-state index contributed by atoms with van der Waals surface area (Å²) in [4.78, 5) is 26.6. The van der Waals surface area contributed by atoms with Crippen molar-refractivity contribution in [3.05, 3.63) is 59.9 Å². The number of benzene rings is 1. The van der Waals surface area contributed by atoms with E-state index in [4.69, 9.17) is 9.84 Å². The van der Waals surface area contributed by atoms with E-state index in [1.165, 1.54) is 0 Å². The molecule has 2 N–H and O–H groups in total. The molecule has 0 bridgehead atoms. The molecule has 6 heteroatoms. The Labute approximate surface area is 140 Å². The van der Waals surface area contributed by atoms with Crippen LogP contribution in [-0.4, -0.2) is 28.5 Å². The number of hydrogen-bond acceptors (Lipinski definition) is 4. The zero-order valence-corrected chi connectivity index (χ0v) is 13.4. The van der Waals surface area contributed by atoms with Gasteiger partial charge in [-0.05, 0) is 47.9 Å². The lowest BCUT2D eigenvalue weighted by Gasteiger charge is -2.11. The number of carbonyl (C=O) groups excluding carboxylic acids is 1. The summed E-state index contributed by atoms with van der Waals surface area (Å²) in [5.41, 5.74) is 1.52. The highest BCUT2D eigenvalue weighted by Gasteiger charge is 2.10. The number of amides is 1. The Morgan fingerprint density at radius 3 is 2.46 bits per heavy atom. The fourth-order valence-corrected chi connectivity index (χ4v) is 2.09. The van der Waals surface area contributed by atoms with Crippen LogP contribution in [0.5, 0.6) is 5.75 Å². The molecule has 2 aromatic rings. The van der Waals surface area contributed by atoms with Crippen molar-refractivity contribution < 1.29 is 19.4 Å². The van der Waals surface area contributed by atoms with Crippen LogP contribution in [0.2, 0.25) is 0 Å². The van der Waals surface area contributed by atoms with E-state index in [0.717, 1.165) is 5.56 Å². The minimum Gasteiger partial charge on any atom is -0.489 e. The number of nitrogens with one attached hydrogen (secondary N) is 1. The van der Waals surface area contributed by atoms with Gasteiger partial charge in [-0.3, -0.25) is 14.6 Å². The molecule has 0 aliphatic rings. The van der Waals surface area contributed by atoms with Crippen molar-refractivity contribution in [3.8, 4) is 5.75 Å². The quantitative estimate of drug-likeness (QED) is 0.777. The molecule has 0 saturated heterocycles. The van der Waals surface area contributed by atoms with Gasteiger partial charge in [-0.1, -0.05) is 6.92 Å². The van der Waals surface area contributed by atoms with Crippen LogP contribution in [0.3, 0.4) is 0 Å². The average Bonchev–Trinajstić information content (AvgIpc) is 2.58. The van der Waals surface area contributed by atoms with Gasteiger partial charge in [0.2, 0.25) is 0 Å². The molecule has 0 aliphatic carbocycles. The van der Waals surface area contributed by atoms with Gasteiger partial charge in [-0.15, -0.1) is 0 Å². The van der Waals surface area contributed by atoms with Crippen molar-refractivity contribution in [2.24, 2.45) is 5.92 Å². The number of nitrogens with zero attached hydrogens (tertiary/aromatic N) is 1. The third kappa shape index (κ3) is 5.72. The maximum absolute atomic E-state index is 12.0. The van der Waals surface area contributed by atoms with Crippen LogP contribution in [0.1, 0.15) is 29.3 Å². The van der Waals surface area contributed by atoms with E-state index in [0.29, 0.717) is 24.5 Å². The molecule has 126 valence electrons.